The van der Waals surface area contributed by atoms with Gasteiger partial charge in [-0.3, -0.25) is 24.1 Å². The predicted octanol–water partition coefficient (Wildman–Crippen LogP) is 2.55. The Balaban J connectivity index is 2.17. The summed E-state index contributed by atoms with van der Waals surface area (Å²) in [6.45, 7) is 14.8. The van der Waals surface area contributed by atoms with E-state index in [1.165, 1.54) is 24.5 Å². The van der Waals surface area contributed by atoms with E-state index in [9.17, 15) is 24.4 Å². The lowest BCUT2D eigenvalue weighted by Crippen LogP contribution is -2.57. The summed E-state index contributed by atoms with van der Waals surface area (Å²) in [5.74, 6) is -0.691. The standard InChI is InChI=1S/C37H59N7O5/c1-9-14-32(43(8)24-31(21-25(3)4)41-35(46)29-17-19-44(49)20-18-29)36(47)40-30(22-28-15-12-11-13-16-28)23-39-27(7)34(45)42-33(26(5)6)37(48)38-10-2/h11-13,15-20,25-27,30-33,39H,9-10,14,21-24H2,1-8H3,(H,38,48)(H,40,47)(H,41,46)(H,42,45)/t27-,30-,31-,32-,33-/m0/s1. The number of pyridine rings is 1. The Kier molecular flexibility index (Phi) is 17.8. The number of hydrogen-bond donors (Lipinski definition) is 5. The number of nitrogens with one attached hydrogen (secondary N) is 5. The molecule has 0 aliphatic heterocycles. The Morgan fingerprint density at radius 2 is 1.49 bits per heavy atom. The minimum Gasteiger partial charge on any atom is -0.619 e. The fourth-order valence-corrected chi connectivity index (χ4v) is 5.76. The predicted molar refractivity (Wildman–Crippen MR) is 192 cm³/mol. The average Bonchev–Trinajstić information content (AvgIpc) is 3.04. The highest BCUT2D eigenvalue weighted by Gasteiger charge is 2.29. The van der Waals surface area contributed by atoms with Gasteiger partial charge in [0.2, 0.25) is 17.7 Å². The van der Waals surface area contributed by atoms with E-state index < -0.39 is 18.1 Å². The van der Waals surface area contributed by atoms with E-state index in [2.05, 4.69) is 40.4 Å². The van der Waals surface area contributed by atoms with Crippen LogP contribution in [-0.2, 0) is 20.8 Å². The van der Waals surface area contributed by atoms with Crippen LogP contribution in [0.15, 0.2) is 54.9 Å². The summed E-state index contributed by atoms with van der Waals surface area (Å²) in [5, 5.41) is 26.7. The molecule has 0 aliphatic rings. The summed E-state index contributed by atoms with van der Waals surface area (Å²) in [6, 6.07) is 10.6. The highest BCUT2D eigenvalue weighted by atomic mass is 16.5. The molecule has 2 aromatic rings. The van der Waals surface area contributed by atoms with Crippen LogP contribution in [0.2, 0.25) is 0 Å². The van der Waals surface area contributed by atoms with Crippen LogP contribution >= 0.6 is 0 Å². The van der Waals surface area contributed by atoms with Crippen molar-refractivity contribution in [2.45, 2.75) is 104 Å². The lowest BCUT2D eigenvalue weighted by Gasteiger charge is -2.33. The number of hydrogen-bond acceptors (Lipinski definition) is 7. The monoisotopic (exact) mass is 681 g/mol. The molecule has 0 bridgehead atoms. The first-order valence-corrected chi connectivity index (χ1v) is 17.6. The van der Waals surface area contributed by atoms with Crippen molar-refractivity contribution >= 4 is 23.6 Å². The van der Waals surface area contributed by atoms with Gasteiger partial charge in [0.15, 0.2) is 12.4 Å². The molecular weight excluding hydrogens is 622 g/mol. The van der Waals surface area contributed by atoms with Crippen molar-refractivity contribution in [1.29, 1.82) is 0 Å². The van der Waals surface area contributed by atoms with Gasteiger partial charge in [-0.15, -0.1) is 0 Å². The molecule has 0 saturated carbocycles. The summed E-state index contributed by atoms with van der Waals surface area (Å²) in [6.07, 6.45) is 5.25. The average molecular weight is 682 g/mol. The smallest absolute Gasteiger partial charge is 0.251 e. The van der Waals surface area contributed by atoms with Crippen LogP contribution in [0.3, 0.4) is 0 Å². The molecule has 5 atom stereocenters. The molecule has 0 fully saturated rings. The van der Waals surface area contributed by atoms with Gasteiger partial charge in [0, 0.05) is 43.9 Å². The fourth-order valence-electron chi connectivity index (χ4n) is 5.76. The van der Waals surface area contributed by atoms with E-state index in [0.29, 0.717) is 55.1 Å². The largest absolute Gasteiger partial charge is 0.619 e. The SMILES string of the molecule is CCC[C@@H](C(=O)N[C@H](CN[C@@H](C)C(=O)N[C@H](C(=O)NCC)C(C)C)Cc1ccccc1)N(C)C[C@H](CC(C)C)NC(=O)c1cc[n+]([O-])cc1. The maximum Gasteiger partial charge on any atom is 0.251 e. The van der Waals surface area contributed by atoms with E-state index in [-0.39, 0.29) is 41.6 Å². The summed E-state index contributed by atoms with van der Waals surface area (Å²) in [7, 11) is 1.90. The molecule has 1 aromatic heterocycles. The number of benzene rings is 1. The van der Waals surface area contributed by atoms with E-state index in [1.807, 2.05) is 70.0 Å². The van der Waals surface area contributed by atoms with Crippen molar-refractivity contribution in [3.63, 3.8) is 0 Å². The van der Waals surface area contributed by atoms with E-state index in [1.54, 1.807) is 6.92 Å². The molecule has 0 spiro atoms. The van der Waals surface area contributed by atoms with E-state index in [4.69, 9.17) is 0 Å². The molecule has 1 aromatic carbocycles. The van der Waals surface area contributed by atoms with Crippen molar-refractivity contribution in [2.24, 2.45) is 11.8 Å². The van der Waals surface area contributed by atoms with Crippen LogP contribution in [0, 0.1) is 17.0 Å². The third-order valence-corrected chi connectivity index (χ3v) is 8.39. The molecule has 2 rings (SSSR count). The number of amides is 4. The molecule has 5 N–H and O–H groups in total. The van der Waals surface area contributed by atoms with Gasteiger partial charge in [0.1, 0.15) is 6.04 Å². The third-order valence-electron chi connectivity index (χ3n) is 8.39. The normalized spacial score (nSPS) is 14.5. The molecule has 1 heterocycles. The minimum atomic E-state index is -0.649. The second-order valence-corrected chi connectivity index (χ2v) is 13.6. The number of rotatable bonds is 21. The highest BCUT2D eigenvalue weighted by molar-refractivity contribution is 5.94. The van der Waals surface area contributed by atoms with Gasteiger partial charge in [-0.05, 0) is 57.6 Å². The van der Waals surface area contributed by atoms with Gasteiger partial charge in [0.05, 0.1) is 17.6 Å². The zero-order chi connectivity index (χ0) is 36.5. The van der Waals surface area contributed by atoms with Crippen molar-refractivity contribution in [3.05, 3.63) is 71.2 Å². The number of carbonyl (C=O) groups excluding carboxylic acids is 4. The van der Waals surface area contributed by atoms with Gasteiger partial charge >= 0.3 is 0 Å². The second-order valence-electron chi connectivity index (χ2n) is 13.6. The maximum absolute atomic E-state index is 14.0. The Labute approximate surface area is 292 Å². The number of carbonyl (C=O) groups is 4. The fraction of sp³-hybridized carbons (Fsp3) is 0.595. The second kappa shape index (κ2) is 21.1. The van der Waals surface area contributed by atoms with E-state index >= 15 is 0 Å². The lowest BCUT2D eigenvalue weighted by atomic mass is 10.0. The summed E-state index contributed by atoms with van der Waals surface area (Å²) in [4.78, 5) is 54.6. The van der Waals surface area contributed by atoms with Crippen molar-refractivity contribution in [1.82, 2.24) is 31.5 Å². The maximum atomic E-state index is 14.0. The van der Waals surface area contributed by atoms with Crippen LogP contribution in [0.25, 0.3) is 0 Å². The molecule has 0 aliphatic carbocycles. The Morgan fingerprint density at radius 1 is 0.837 bits per heavy atom. The molecule has 0 saturated heterocycles. The Hall–Kier alpha value is -4.03. The van der Waals surface area contributed by atoms with Crippen LogP contribution in [0.4, 0.5) is 0 Å². The van der Waals surface area contributed by atoms with Gasteiger partial charge in [-0.25, -0.2) is 0 Å². The molecule has 0 unspecified atom stereocenters. The van der Waals surface area contributed by atoms with Crippen molar-refractivity contribution < 1.29 is 23.9 Å². The topological polar surface area (TPSA) is 159 Å². The number of nitrogens with zero attached hydrogens (tertiary/aromatic N) is 2. The molecule has 272 valence electrons. The highest BCUT2D eigenvalue weighted by Crippen LogP contribution is 2.13. The zero-order valence-electron chi connectivity index (χ0n) is 30.6. The van der Waals surface area contributed by atoms with Gasteiger partial charge < -0.3 is 31.8 Å². The summed E-state index contributed by atoms with van der Waals surface area (Å²) < 4.78 is 0.636. The van der Waals surface area contributed by atoms with Gasteiger partial charge in [-0.1, -0.05) is 71.4 Å². The summed E-state index contributed by atoms with van der Waals surface area (Å²) in [5.41, 5.74) is 1.45. The van der Waals surface area contributed by atoms with Crippen molar-refractivity contribution in [3.8, 4) is 0 Å². The van der Waals surface area contributed by atoms with Gasteiger partial charge in [-0.2, -0.15) is 4.73 Å². The quantitative estimate of drug-likeness (QED) is 0.100. The Bertz CT molecular complexity index is 1310. The molecule has 0 radical (unpaired) electrons. The molecule has 12 heteroatoms. The zero-order valence-corrected chi connectivity index (χ0v) is 30.6. The van der Waals surface area contributed by atoms with Crippen LogP contribution in [0.1, 0.15) is 83.7 Å². The number of likely N-dealkylation sites (N-methyl/N-ethyl adjacent to an activating group) is 2. The first-order chi connectivity index (χ1) is 23.2. The minimum absolute atomic E-state index is 0.0850. The van der Waals surface area contributed by atoms with E-state index in [0.717, 1.165) is 12.0 Å². The number of aromatic nitrogens is 1. The lowest BCUT2D eigenvalue weighted by molar-refractivity contribution is -0.605. The summed E-state index contributed by atoms with van der Waals surface area (Å²) >= 11 is 0. The molecule has 4 amide bonds. The molecule has 49 heavy (non-hydrogen) atoms. The van der Waals surface area contributed by atoms with Gasteiger partial charge in [0.25, 0.3) is 5.91 Å². The Morgan fingerprint density at radius 3 is 2.06 bits per heavy atom. The first kappa shape index (κ1) is 41.1. The third kappa shape index (κ3) is 14.5. The van der Waals surface area contributed by atoms with Crippen LogP contribution in [0.5, 0.6) is 0 Å². The molecule has 12 nitrogen and oxygen atoms in total. The first-order valence-electron chi connectivity index (χ1n) is 17.6. The molecular formula is C37H59N7O5. The van der Waals surface area contributed by atoms with Crippen LogP contribution in [-0.4, -0.2) is 85.4 Å². The van der Waals surface area contributed by atoms with Crippen LogP contribution < -0.4 is 31.3 Å². The van der Waals surface area contributed by atoms with Crippen molar-refractivity contribution in [2.75, 3.05) is 26.7 Å².